The standard InChI is InChI=1S/C23H24FN3O4S/c1-14(28)16-6-7-20(18(24)12-16)32-13-21(29)26-19-5-3-2-4-17(19)23(31)27-10-8-15(9-11-27)22(25)30/h2-7,12,15H,8-11,13H2,1H3,(H2,25,30)(H,26,29). The normalized spacial score (nSPS) is 14.1. The highest BCUT2D eigenvalue weighted by atomic mass is 32.2. The zero-order valence-corrected chi connectivity index (χ0v) is 18.4. The van der Waals surface area contributed by atoms with E-state index in [-0.39, 0.29) is 39.7 Å². The molecule has 7 nitrogen and oxygen atoms in total. The SMILES string of the molecule is CC(=O)c1ccc(SCC(=O)Nc2ccccc2C(=O)N2CCC(C(N)=O)CC2)c(F)c1. The molecule has 0 aliphatic carbocycles. The Morgan fingerprint density at radius 2 is 1.81 bits per heavy atom. The minimum absolute atomic E-state index is 0.0666. The Kier molecular flexibility index (Phi) is 7.63. The van der Waals surface area contributed by atoms with Crippen LogP contribution in [-0.2, 0) is 9.59 Å². The Hall–Kier alpha value is -3.20. The van der Waals surface area contributed by atoms with Gasteiger partial charge in [0.05, 0.1) is 17.0 Å². The molecule has 0 unspecified atom stereocenters. The highest BCUT2D eigenvalue weighted by molar-refractivity contribution is 8.00. The number of likely N-dealkylation sites (tertiary alicyclic amines) is 1. The van der Waals surface area contributed by atoms with Crippen LogP contribution in [-0.4, -0.2) is 47.2 Å². The Labute approximate surface area is 189 Å². The van der Waals surface area contributed by atoms with Gasteiger partial charge in [0.15, 0.2) is 5.78 Å². The first-order valence-electron chi connectivity index (χ1n) is 10.2. The molecule has 0 atom stereocenters. The van der Waals surface area contributed by atoms with Crippen molar-refractivity contribution in [2.24, 2.45) is 11.7 Å². The molecule has 1 heterocycles. The van der Waals surface area contributed by atoms with Gasteiger partial charge in [0.25, 0.3) is 5.91 Å². The Morgan fingerprint density at radius 1 is 1.12 bits per heavy atom. The van der Waals surface area contributed by atoms with Crippen LogP contribution in [0.1, 0.15) is 40.5 Å². The Balaban J connectivity index is 1.62. The molecular weight excluding hydrogens is 433 g/mol. The van der Waals surface area contributed by atoms with Gasteiger partial charge in [-0.3, -0.25) is 19.2 Å². The van der Waals surface area contributed by atoms with E-state index in [1.165, 1.54) is 19.1 Å². The molecule has 0 saturated carbocycles. The smallest absolute Gasteiger partial charge is 0.255 e. The lowest BCUT2D eigenvalue weighted by molar-refractivity contribution is -0.123. The van der Waals surface area contributed by atoms with Crippen LogP contribution in [0.2, 0.25) is 0 Å². The van der Waals surface area contributed by atoms with Crippen LogP contribution in [0.4, 0.5) is 10.1 Å². The number of amides is 3. The molecule has 3 rings (SSSR count). The number of thioether (sulfide) groups is 1. The Bertz CT molecular complexity index is 1050. The highest BCUT2D eigenvalue weighted by Crippen LogP contribution is 2.25. The largest absolute Gasteiger partial charge is 0.369 e. The molecule has 168 valence electrons. The summed E-state index contributed by atoms with van der Waals surface area (Å²) in [7, 11) is 0. The predicted octanol–water partition coefficient (Wildman–Crippen LogP) is 3.10. The number of carbonyl (C=O) groups is 4. The molecule has 2 aromatic carbocycles. The number of ketones is 1. The molecule has 0 radical (unpaired) electrons. The van der Waals surface area contributed by atoms with E-state index in [9.17, 15) is 23.6 Å². The molecule has 1 fully saturated rings. The Morgan fingerprint density at radius 3 is 2.44 bits per heavy atom. The molecule has 3 N–H and O–H groups in total. The van der Waals surface area contributed by atoms with Gasteiger partial charge in [0, 0.05) is 29.5 Å². The van der Waals surface area contributed by atoms with Crippen molar-refractivity contribution in [2.45, 2.75) is 24.7 Å². The monoisotopic (exact) mass is 457 g/mol. The first-order valence-corrected chi connectivity index (χ1v) is 11.2. The number of nitrogens with two attached hydrogens (primary N) is 1. The van der Waals surface area contributed by atoms with Crippen molar-refractivity contribution in [1.29, 1.82) is 0 Å². The molecule has 32 heavy (non-hydrogen) atoms. The lowest BCUT2D eigenvalue weighted by atomic mass is 9.95. The lowest BCUT2D eigenvalue weighted by Gasteiger charge is -2.31. The molecule has 0 bridgehead atoms. The summed E-state index contributed by atoms with van der Waals surface area (Å²) in [6.45, 7) is 2.19. The molecule has 0 spiro atoms. The van der Waals surface area contributed by atoms with Gasteiger partial charge < -0.3 is 16.0 Å². The van der Waals surface area contributed by atoms with E-state index in [0.717, 1.165) is 17.8 Å². The summed E-state index contributed by atoms with van der Waals surface area (Å²) in [6.07, 6.45) is 1.03. The molecule has 2 aromatic rings. The van der Waals surface area contributed by atoms with Gasteiger partial charge >= 0.3 is 0 Å². The number of piperidine rings is 1. The number of hydrogen-bond donors (Lipinski definition) is 2. The summed E-state index contributed by atoms with van der Waals surface area (Å²) < 4.78 is 14.2. The maximum atomic E-state index is 14.2. The summed E-state index contributed by atoms with van der Waals surface area (Å²) in [6, 6.07) is 10.8. The minimum Gasteiger partial charge on any atom is -0.369 e. The highest BCUT2D eigenvalue weighted by Gasteiger charge is 2.27. The van der Waals surface area contributed by atoms with Crippen molar-refractivity contribution in [2.75, 3.05) is 24.2 Å². The second-order valence-corrected chi connectivity index (χ2v) is 8.57. The van der Waals surface area contributed by atoms with Crippen molar-refractivity contribution in [3.63, 3.8) is 0 Å². The molecule has 9 heteroatoms. The summed E-state index contributed by atoms with van der Waals surface area (Å²) in [5, 5.41) is 2.72. The lowest BCUT2D eigenvalue weighted by Crippen LogP contribution is -2.42. The number of benzene rings is 2. The topological polar surface area (TPSA) is 110 Å². The van der Waals surface area contributed by atoms with Gasteiger partial charge in [-0.15, -0.1) is 11.8 Å². The number of nitrogens with one attached hydrogen (secondary N) is 1. The molecule has 3 amide bonds. The average molecular weight is 458 g/mol. The van der Waals surface area contributed by atoms with Gasteiger partial charge in [0.1, 0.15) is 5.82 Å². The van der Waals surface area contributed by atoms with Gasteiger partial charge in [-0.1, -0.05) is 18.2 Å². The third-order valence-electron chi connectivity index (χ3n) is 5.31. The van der Waals surface area contributed by atoms with Gasteiger partial charge in [-0.2, -0.15) is 0 Å². The molecule has 1 aliphatic rings. The van der Waals surface area contributed by atoms with Crippen LogP contribution in [0.15, 0.2) is 47.4 Å². The van der Waals surface area contributed by atoms with E-state index in [0.29, 0.717) is 37.2 Å². The predicted molar refractivity (Wildman–Crippen MR) is 120 cm³/mol. The van der Waals surface area contributed by atoms with Gasteiger partial charge in [-0.25, -0.2) is 4.39 Å². The van der Waals surface area contributed by atoms with E-state index < -0.39 is 11.7 Å². The van der Waals surface area contributed by atoms with Crippen molar-refractivity contribution in [3.8, 4) is 0 Å². The molecule has 1 aliphatic heterocycles. The van der Waals surface area contributed by atoms with Crippen molar-refractivity contribution in [1.82, 2.24) is 4.90 Å². The zero-order chi connectivity index (χ0) is 23.3. The van der Waals surface area contributed by atoms with Crippen LogP contribution in [0.5, 0.6) is 0 Å². The van der Waals surface area contributed by atoms with Crippen molar-refractivity contribution in [3.05, 3.63) is 59.4 Å². The number of Topliss-reactive ketones (excluding diaryl/α,β-unsaturated/α-hetero) is 1. The number of para-hydroxylation sites is 1. The number of rotatable bonds is 7. The third-order valence-corrected chi connectivity index (χ3v) is 6.36. The quantitative estimate of drug-likeness (QED) is 0.491. The van der Waals surface area contributed by atoms with E-state index in [4.69, 9.17) is 5.73 Å². The maximum Gasteiger partial charge on any atom is 0.255 e. The van der Waals surface area contributed by atoms with E-state index in [1.807, 2.05) is 0 Å². The first kappa shape index (κ1) is 23.5. The first-order chi connectivity index (χ1) is 15.3. The number of halogens is 1. The summed E-state index contributed by atoms with van der Waals surface area (Å²) >= 11 is 1.00. The summed E-state index contributed by atoms with van der Waals surface area (Å²) in [4.78, 5) is 50.0. The van der Waals surface area contributed by atoms with E-state index in [2.05, 4.69) is 5.32 Å². The summed E-state index contributed by atoms with van der Waals surface area (Å²) in [5.41, 5.74) is 6.33. The number of anilines is 1. The van der Waals surface area contributed by atoms with Crippen molar-refractivity contribution < 1.29 is 23.6 Å². The van der Waals surface area contributed by atoms with E-state index >= 15 is 0 Å². The third kappa shape index (κ3) is 5.73. The fourth-order valence-corrected chi connectivity index (χ4v) is 4.20. The van der Waals surface area contributed by atoms with E-state index in [1.54, 1.807) is 29.2 Å². The number of carbonyl (C=O) groups excluding carboxylic acids is 4. The second-order valence-electron chi connectivity index (χ2n) is 7.55. The van der Waals surface area contributed by atoms with Crippen molar-refractivity contribution >= 4 is 41.0 Å². The summed E-state index contributed by atoms with van der Waals surface area (Å²) in [5.74, 6) is -2.07. The zero-order valence-electron chi connectivity index (χ0n) is 17.6. The van der Waals surface area contributed by atoms with Crippen LogP contribution in [0, 0.1) is 11.7 Å². The van der Waals surface area contributed by atoms with Crippen LogP contribution in [0.25, 0.3) is 0 Å². The number of hydrogen-bond acceptors (Lipinski definition) is 5. The van der Waals surface area contributed by atoms with Crippen LogP contribution in [0.3, 0.4) is 0 Å². The minimum atomic E-state index is -0.564. The van der Waals surface area contributed by atoms with Gasteiger partial charge in [-0.05, 0) is 44.0 Å². The number of nitrogens with zero attached hydrogens (tertiary/aromatic N) is 1. The second kappa shape index (κ2) is 10.4. The molecule has 1 saturated heterocycles. The van der Waals surface area contributed by atoms with Crippen LogP contribution >= 0.6 is 11.8 Å². The molecular formula is C23H24FN3O4S. The maximum absolute atomic E-state index is 14.2. The number of primary amides is 1. The van der Waals surface area contributed by atoms with Crippen LogP contribution < -0.4 is 11.1 Å². The fourth-order valence-electron chi connectivity index (χ4n) is 3.48. The average Bonchev–Trinajstić information content (AvgIpc) is 2.78. The fraction of sp³-hybridized carbons (Fsp3) is 0.304. The molecule has 0 aromatic heterocycles. The van der Waals surface area contributed by atoms with Gasteiger partial charge in [0.2, 0.25) is 11.8 Å².